The first-order valence-electron chi connectivity index (χ1n) is 10.1. The van der Waals surface area contributed by atoms with E-state index in [-0.39, 0.29) is 23.9 Å². The molecule has 5 rings (SSSR count). The molecular weight excluding hydrogens is 384 g/mol. The normalized spacial score (nSPS) is 22.4. The summed E-state index contributed by atoms with van der Waals surface area (Å²) in [5.41, 5.74) is 1.95. The third-order valence-corrected chi connectivity index (χ3v) is 6.56. The van der Waals surface area contributed by atoms with Gasteiger partial charge in [-0.3, -0.25) is 14.5 Å². The number of carbonyl (C=O) groups is 2. The van der Waals surface area contributed by atoms with Crippen LogP contribution in [0, 0.1) is 0 Å². The van der Waals surface area contributed by atoms with Gasteiger partial charge in [-0.15, -0.1) is 0 Å². The summed E-state index contributed by atoms with van der Waals surface area (Å²) < 4.78 is 0. The maximum Gasteiger partial charge on any atom is 0.229 e. The van der Waals surface area contributed by atoms with Crippen LogP contribution in [0.4, 0.5) is 5.82 Å². The average Bonchev–Trinajstić information content (AvgIpc) is 3.39. The van der Waals surface area contributed by atoms with Crippen LogP contribution in [0.5, 0.6) is 0 Å². The van der Waals surface area contributed by atoms with Crippen LogP contribution in [0.2, 0.25) is 0 Å². The van der Waals surface area contributed by atoms with E-state index in [1.54, 1.807) is 11.3 Å². The Morgan fingerprint density at radius 3 is 2.45 bits per heavy atom. The largest absolute Gasteiger partial charge is 0.367 e. The Morgan fingerprint density at radius 1 is 0.966 bits per heavy atom. The Bertz CT molecular complexity index is 1040. The number of anilines is 1. The maximum atomic E-state index is 12.0. The van der Waals surface area contributed by atoms with Gasteiger partial charge in [0, 0.05) is 41.3 Å². The number of nitrogens with zero attached hydrogens (tertiary/aromatic N) is 3. The first kappa shape index (κ1) is 18.2. The Hall–Kier alpha value is -2.80. The molecular formula is C22H22N4O2S. The van der Waals surface area contributed by atoms with Crippen molar-refractivity contribution >= 4 is 39.9 Å². The predicted octanol–water partition coefficient (Wildman–Crippen LogP) is 4.23. The molecule has 1 saturated heterocycles. The summed E-state index contributed by atoms with van der Waals surface area (Å²) in [6, 6.07) is 10.4. The fourth-order valence-corrected chi connectivity index (χ4v) is 5.01. The molecule has 1 N–H and O–H groups in total. The second-order valence-corrected chi connectivity index (χ2v) is 8.51. The molecule has 6 nitrogen and oxygen atoms in total. The van der Waals surface area contributed by atoms with Gasteiger partial charge in [-0.05, 0) is 49.3 Å². The van der Waals surface area contributed by atoms with E-state index in [4.69, 9.17) is 9.97 Å². The second-order valence-electron chi connectivity index (χ2n) is 7.73. The minimum atomic E-state index is -0.00592. The number of benzene rings is 1. The van der Waals surface area contributed by atoms with Gasteiger partial charge in [0.05, 0.1) is 5.52 Å². The zero-order valence-electron chi connectivity index (χ0n) is 16.0. The Morgan fingerprint density at radius 2 is 1.72 bits per heavy atom. The van der Waals surface area contributed by atoms with Crippen molar-refractivity contribution in [3.8, 4) is 11.4 Å². The van der Waals surface area contributed by atoms with E-state index in [1.807, 2.05) is 35.7 Å². The van der Waals surface area contributed by atoms with E-state index in [2.05, 4.69) is 10.7 Å². The molecule has 2 fully saturated rings. The summed E-state index contributed by atoms with van der Waals surface area (Å²) in [5.74, 6) is 1.57. The number of aromatic nitrogens is 2. The molecule has 1 saturated carbocycles. The van der Waals surface area contributed by atoms with E-state index >= 15 is 0 Å². The lowest BCUT2D eigenvalue weighted by Gasteiger charge is -2.34. The van der Waals surface area contributed by atoms with Crippen molar-refractivity contribution < 1.29 is 9.59 Å². The fraction of sp³-hybridized carbons (Fsp3) is 0.364. The Kier molecular flexibility index (Phi) is 4.75. The molecule has 2 amide bonds. The number of hydrogen-bond donors (Lipinski definition) is 1. The zero-order valence-corrected chi connectivity index (χ0v) is 16.8. The highest BCUT2D eigenvalue weighted by molar-refractivity contribution is 7.08. The highest BCUT2D eigenvalue weighted by Crippen LogP contribution is 2.31. The quantitative estimate of drug-likeness (QED) is 0.656. The van der Waals surface area contributed by atoms with Crippen LogP contribution in [0.1, 0.15) is 38.5 Å². The predicted molar refractivity (Wildman–Crippen MR) is 114 cm³/mol. The van der Waals surface area contributed by atoms with Crippen LogP contribution in [-0.4, -0.2) is 38.8 Å². The molecule has 0 spiro atoms. The highest BCUT2D eigenvalue weighted by atomic mass is 32.1. The summed E-state index contributed by atoms with van der Waals surface area (Å²) in [6.45, 7) is 0. The van der Waals surface area contributed by atoms with Crippen LogP contribution in [0.15, 0.2) is 41.1 Å². The molecule has 0 unspecified atom stereocenters. The number of rotatable bonds is 4. The standard InChI is InChI=1S/C22H22N4O2S/c27-19-9-10-20(28)26(19)16-7-5-15(6-8-16)23-22-17-3-1-2-4-18(17)24-21(25-22)14-11-12-29-13-14/h1-4,11-13,15-16H,5-10H2,(H,23,24,25). The van der Waals surface area contributed by atoms with Gasteiger partial charge in [0.1, 0.15) is 5.82 Å². The molecule has 1 aromatic carbocycles. The van der Waals surface area contributed by atoms with Gasteiger partial charge in [0.2, 0.25) is 11.8 Å². The topological polar surface area (TPSA) is 75.2 Å². The summed E-state index contributed by atoms with van der Waals surface area (Å²) >= 11 is 1.63. The van der Waals surface area contributed by atoms with Gasteiger partial charge in [0.25, 0.3) is 0 Å². The lowest BCUT2D eigenvalue weighted by Crippen LogP contribution is -2.43. The second kappa shape index (κ2) is 7.55. The van der Waals surface area contributed by atoms with Crippen molar-refractivity contribution in [1.82, 2.24) is 14.9 Å². The van der Waals surface area contributed by atoms with Crippen molar-refractivity contribution in [2.45, 2.75) is 50.6 Å². The molecule has 3 heterocycles. The average molecular weight is 407 g/mol. The molecule has 29 heavy (non-hydrogen) atoms. The van der Waals surface area contributed by atoms with E-state index in [1.165, 1.54) is 4.90 Å². The zero-order chi connectivity index (χ0) is 19.8. The Balaban J connectivity index is 1.36. The summed E-state index contributed by atoms with van der Waals surface area (Å²) in [4.78, 5) is 35.1. The number of hydrogen-bond acceptors (Lipinski definition) is 6. The van der Waals surface area contributed by atoms with Crippen LogP contribution in [0.3, 0.4) is 0 Å². The van der Waals surface area contributed by atoms with E-state index in [0.717, 1.165) is 53.8 Å². The summed E-state index contributed by atoms with van der Waals surface area (Å²) in [6.07, 6.45) is 4.25. The lowest BCUT2D eigenvalue weighted by molar-refractivity contribution is -0.141. The van der Waals surface area contributed by atoms with Crippen molar-refractivity contribution in [1.29, 1.82) is 0 Å². The van der Waals surface area contributed by atoms with Gasteiger partial charge in [0.15, 0.2) is 5.82 Å². The van der Waals surface area contributed by atoms with E-state index < -0.39 is 0 Å². The molecule has 2 aromatic heterocycles. The first-order valence-corrected chi connectivity index (χ1v) is 11.0. The number of carbonyl (C=O) groups excluding carboxylic acids is 2. The van der Waals surface area contributed by atoms with Gasteiger partial charge in [-0.1, -0.05) is 12.1 Å². The molecule has 0 radical (unpaired) electrons. The molecule has 7 heteroatoms. The highest BCUT2D eigenvalue weighted by Gasteiger charge is 2.36. The summed E-state index contributed by atoms with van der Waals surface area (Å²) in [5, 5.41) is 8.73. The maximum absolute atomic E-state index is 12.0. The molecule has 1 aliphatic heterocycles. The van der Waals surface area contributed by atoms with Gasteiger partial charge >= 0.3 is 0 Å². The van der Waals surface area contributed by atoms with Gasteiger partial charge in [-0.25, -0.2) is 9.97 Å². The monoisotopic (exact) mass is 406 g/mol. The SMILES string of the molecule is O=C1CCC(=O)N1C1CCC(Nc2nc(-c3ccsc3)nc3ccccc23)CC1. The minimum Gasteiger partial charge on any atom is -0.367 e. The molecule has 3 aromatic rings. The third-order valence-electron chi connectivity index (χ3n) is 5.88. The van der Waals surface area contributed by atoms with Crippen LogP contribution < -0.4 is 5.32 Å². The number of imide groups is 1. The number of thiophene rings is 1. The van der Waals surface area contributed by atoms with E-state index in [0.29, 0.717) is 12.8 Å². The number of nitrogens with one attached hydrogen (secondary N) is 1. The Labute approximate surface area is 173 Å². The van der Waals surface area contributed by atoms with E-state index in [9.17, 15) is 9.59 Å². The van der Waals surface area contributed by atoms with Gasteiger partial charge < -0.3 is 5.32 Å². The third kappa shape index (κ3) is 3.51. The van der Waals surface area contributed by atoms with Crippen molar-refractivity contribution in [3.63, 3.8) is 0 Å². The number of fused-ring (bicyclic) bond motifs is 1. The van der Waals surface area contributed by atoms with Crippen molar-refractivity contribution in [3.05, 3.63) is 41.1 Å². The molecule has 0 atom stereocenters. The number of para-hydroxylation sites is 1. The van der Waals surface area contributed by atoms with Crippen molar-refractivity contribution in [2.75, 3.05) is 5.32 Å². The fourth-order valence-electron chi connectivity index (χ4n) is 4.38. The molecule has 148 valence electrons. The first-order chi connectivity index (χ1) is 14.2. The smallest absolute Gasteiger partial charge is 0.229 e. The van der Waals surface area contributed by atoms with Crippen LogP contribution >= 0.6 is 11.3 Å². The summed E-state index contributed by atoms with van der Waals surface area (Å²) in [7, 11) is 0. The lowest BCUT2D eigenvalue weighted by atomic mass is 9.90. The van der Waals surface area contributed by atoms with Gasteiger partial charge in [-0.2, -0.15) is 11.3 Å². The molecule has 2 aliphatic rings. The number of likely N-dealkylation sites (tertiary alicyclic amines) is 1. The number of amides is 2. The molecule has 0 bridgehead atoms. The van der Waals surface area contributed by atoms with Crippen LogP contribution in [0.25, 0.3) is 22.3 Å². The molecule has 1 aliphatic carbocycles. The van der Waals surface area contributed by atoms with Crippen LogP contribution in [-0.2, 0) is 9.59 Å². The van der Waals surface area contributed by atoms with Crippen molar-refractivity contribution in [2.24, 2.45) is 0 Å². The minimum absolute atomic E-state index is 0.00592.